The van der Waals surface area contributed by atoms with Crippen LogP contribution in [0.5, 0.6) is 0 Å². The second-order valence-corrected chi connectivity index (χ2v) is 5.96. The number of hydrogen-bond donors (Lipinski definition) is 1. The second kappa shape index (κ2) is 4.61. The summed E-state index contributed by atoms with van der Waals surface area (Å²) in [4.78, 5) is 12.9. The van der Waals surface area contributed by atoms with E-state index in [1.165, 1.54) is 12.1 Å². The zero-order chi connectivity index (χ0) is 15.1. The monoisotopic (exact) mass is 284 g/mol. The lowest BCUT2D eigenvalue weighted by atomic mass is 9.96. The van der Waals surface area contributed by atoms with Crippen molar-refractivity contribution in [2.24, 2.45) is 0 Å². The van der Waals surface area contributed by atoms with E-state index in [1.807, 2.05) is 0 Å². The minimum Gasteiger partial charge on any atom is -0.444 e. The van der Waals surface area contributed by atoms with E-state index in [0.717, 1.165) is 4.90 Å². The van der Waals surface area contributed by atoms with Crippen molar-refractivity contribution in [2.75, 3.05) is 12.3 Å². The van der Waals surface area contributed by atoms with Gasteiger partial charge in [0.2, 0.25) is 0 Å². The molecule has 1 aromatic carbocycles. The molecule has 4 nitrogen and oxygen atoms in total. The molecule has 0 bridgehead atoms. The van der Waals surface area contributed by atoms with Gasteiger partial charge in [0.15, 0.2) is 0 Å². The Bertz CT molecular complexity index is 538. The van der Waals surface area contributed by atoms with Crippen molar-refractivity contribution < 1.29 is 18.3 Å². The van der Waals surface area contributed by atoms with Gasteiger partial charge in [0.1, 0.15) is 5.60 Å². The molecule has 1 aliphatic heterocycles. The Hall–Kier alpha value is -1.85. The summed E-state index contributed by atoms with van der Waals surface area (Å²) >= 11 is 0. The fourth-order valence-electron chi connectivity index (χ4n) is 2.11. The van der Waals surface area contributed by atoms with Crippen LogP contribution in [0, 0.1) is 0 Å². The van der Waals surface area contributed by atoms with Gasteiger partial charge in [-0.1, -0.05) is 6.07 Å². The number of nitrogens with zero attached hydrogens (tertiary/aromatic N) is 1. The van der Waals surface area contributed by atoms with E-state index in [-0.39, 0.29) is 17.8 Å². The van der Waals surface area contributed by atoms with Crippen molar-refractivity contribution in [1.29, 1.82) is 0 Å². The van der Waals surface area contributed by atoms with Gasteiger partial charge in [-0.25, -0.2) is 4.79 Å². The highest BCUT2D eigenvalue weighted by atomic mass is 19.3. The predicted octanol–water partition coefficient (Wildman–Crippen LogP) is 3.11. The van der Waals surface area contributed by atoms with Crippen molar-refractivity contribution in [2.45, 2.75) is 38.8 Å². The first-order valence-corrected chi connectivity index (χ1v) is 6.33. The van der Waals surface area contributed by atoms with Gasteiger partial charge in [-0.05, 0) is 38.5 Å². The minimum atomic E-state index is -3.13. The smallest absolute Gasteiger partial charge is 0.410 e. The lowest BCUT2D eigenvalue weighted by molar-refractivity contribution is -0.0591. The number of nitrogen functional groups attached to an aromatic ring is 1. The fraction of sp³-hybridized carbons (Fsp3) is 0.500. The Morgan fingerprint density at radius 2 is 2.05 bits per heavy atom. The molecule has 1 amide bonds. The lowest BCUT2D eigenvalue weighted by Crippen LogP contribution is -2.45. The molecule has 0 spiro atoms. The van der Waals surface area contributed by atoms with Crippen LogP contribution in [0.3, 0.4) is 0 Å². The van der Waals surface area contributed by atoms with Gasteiger partial charge in [0, 0.05) is 17.8 Å². The Labute approximate surface area is 116 Å². The minimum absolute atomic E-state index is 0.0973. The topological polar surface area (TPSA) is 55.6 Å². The van der Waals surface area contributed by atoms with Gasteiger partial charge in [0.25, 0.3) is 5.92 Å². The average Bonchev–Trinajstić information content (AvgIpc) is 2.27. The van der Waals surface area contributed by atoms with E-state index < -0.39 is 24.2 Å². The van der Waals surface area contributed by atoms with Crippen LogP contribution in [0.4, 0.5) is 19.3 Å². The highest BCUT2D eigenvalue weighted by molar-refractivity contribution is 5.69. The first kappa shape index (κ1) is 14.6. The molecule has 2 N–H and O–H groups in total. The number of fused-ring (bicyclic) bond motifs is 1. The summed E-state index contributed by atoms with van der Waals surface area (Å²) in [7, 11) is 0. The van der Waals surface area contributed by atoms with Crippen LogP contribution < -0.4 is 5.73 Å². The molecule has 1 heterocycles. The van der Waals surface area contributed by atoms with Crippen LogP contribution in [-0.4, -0.2) is 23.1 Å². The maximum atomic E-state index is 14.1. The number of amides is 1. The quantitative estimate of drug-likeness (QED) is 0.745. The Morgan fingerprint density at radius 1 is 1.40 bits per heavy atom. The number of anilines is 1. The number of rotatable bonds is 0. The molecule has 0 fully saturated rings. The number of alkyl halides is 2. The van der Waals surface area contributed by atoms with Crippen molar-refractivity contribution >= 4 is 11.8 Å². The second-order valence-electron chi connectivity index (χ2n) is 5.96. The highest BCUT2D eigenvalue weighted by Crippen LogP contribution is 2.37. The molecule has 0 aliphatic carbocycles. The van der Waals surface area contributed by atoms with Crippen molar-refractivity contribution in [3.63, 3.8) is 0 Å². The Balaban J connectivity index is 2.27. The van der Waals surface area contributed by atoms with Crippen LogP contribution in [0.1, 0.15) is 31.9 Å². The first-order valence-electron chi connectivity index (χ1n) is 6.33. The molecule has 0 atom stereocenters. The molecule has 0 saturated heterocycles. The summed E-state index contributed by atoms with van der Waals surface area (Å²) in [5.41, 5.74) is 5.39. The van der Waals surface area contributed by atoms with Gasteiger partial charge in [-0.15, -0.1) is 0 Å². The van der Waals surface area contributed by atoms with Crippen LogP contribution in [0.15, 0.2) is 18.2 Å². The van der Waals surface area contributed by atoms with Crippen LogP contribution >= 0.6 is 0 Å². The van der Waals surface area contributed by atoms with Gasteiger partial charge in [-0.2, -0.15) is 8.78 Å². The first-order chi connectivity index (χ1) is 9.08. The zero-order valence-electron chi connectivity index (χ0n) is 11.7. The van der Waals surface area contributed by atoms with Gasteiger partial charge in [-0.3, -0.25) is 4.90 Å². The van der Waals surface area contributed by atoms with Crippen molar-refractivity contribution in [3.8, 4) is 0 Å². The maximum absolute atomic E-state index is 14.1. The molecule has 20 heavy (non-hydrogen) atoms. The number of carbonyl (C=O) groups excluding carboxylic acids is 1. The summed E-state index contributed by atoms with van der Waals surface area (Å²) in [6, 6.07) is 4.34. The molecule has 0 radical (unpaired) electrons. The van der Waals surface area contributed by atoms with E-state index in [1.54, 1.807) is 26.8 Å². The van der Waals surface area contributed by atoms with Gasteiger partial charge in [0.05, 0.1) is 6.54 Å². The molecule has 0 aromatic heterocycles. The van der Waals surface area contributed by atoms with E-state index in [9.17, 15) is 13.6 Å². The van der Waals surface area contributed by atoms with E-state index in [0.29, 0.717) is 5.56 Å². The molecule has 1 aromatic rings. The number of hydrogen-bond acceptors (Lipinski definition) is 3. The predicted molar refractivity (Wildman–Crippen MR) is 71.4 cm³/mol. The molecular formula is C14H18F2N2O2. The molecule has 2 rings (SSSR count). The van der Waals surface area contributed by atoms with E-state index in [4.69, 9.17) is 10.5 Å². The molecule has 1 aliphatic rings. The molecule has 6 heteroatoms. The van der Waals surface area contributed by atoms with Crippen molar-refractivity contribution in [3.05, 3.63) is 29.3 Å². The summed E-state index contributed by atoms with van der Waals surface area (Å²) in [6.45, 7) is 4.49. The lowest BCUT2D eigenvalue weighted by Gasteiger charge is -2.35. The standard InChI is InChI=1S/C14H18F2N2O2/c1-13(2,3)20-12(19)18-7-9-4-5-10(17)6-11(9)14(15,16)8-18/h4-6H,7-8,17H2,1-3H3. The fourth-order valence-corrected chi connectivity index (χ4v) is 2.11. The maximum Gasteiger partial charge on any atom is 0.410 e. The summed E-state index contributed by atoms with van der Waals surface area (Å²) in [6.07, 6.45) is -0.736. The third-order valence-electron chi connectivity index (χ3n) is 2.93. The summed E-state index contributed by atoms with van der Waals surface area (Å²) < 4.78 is 33.4. The van der Waals surface area contributed by atoms with Crippen molar-refractivity contribution in [1.82, 2.24) is 4.90 Å². The zero-order valence-corrected chi connectivity index (χ0v) is 11.7. The van der Waals surface area contributed by atoms with Gasteiger partial charge >= 0.3 is 6.09 Å². The highest BCUT2D eigenvalue weighted by Gasteiger charge is 2.42. The molecule has 0 unspecified atom stereocenters. The SMILES string of the molecule is CC(C)(C)OC(=O)N1Cc2ccc(N)cc2C(F)(F)C1. The average molecular weight is 284 g/mol. The van der Waals surface area contributed by atoms with Crippen LogP contribution in [0.2, 0.25) is 0 Å². The van der Waals surface area contributed by atoms with Crippen LogP contribution in [0.25, 0.3) is 0 Å². The molecular weight excluding hydrogens is 266 g/mol. The van der Waals surface area contributed by atoms with E-state index >= 15 is 0 Å². The number of ether oxygens (including phenoxy) is 1. The Kier molecular flexibility index (Phi) is 3.36. The number of carbonyl (C=O) groups is 1. The summed E-state index contributed by atoms with van der Waals surface area (Å²) in [5.74, 6) is -3.13. The molecule has 0 saturated carbocycles. The molecule has 110 valence electrons. The largest absolute Gasteiger partial charge is 0.444 e. The Morgan fingerprint density at radius 3 is 2.65 bits per heavy atom. The third kappa shape index (κ3) is 3.00. The summed E-state index contributed by atoms with van der Waals surface area (Å²) in [5, 5.41) is 0. The number of halogens is 2. The van der Waals surface area contributed by atoms with Crippen LogP contribution in [-0.2, 0) is 17.2 Å². The third-order valence-corrected chi connectivity index (χ3v) is 2.93. The number of nitrogens with two attached hydrogens (primary N) is 1. The number of benzene rings is 1. The van der Waals surface area contributed by atoms with Gasteiger partial charge < -0.3 is 10.5 Å². The normalized spacial score (nSPS) is 17.6. The van der Waals surface area contributed by atoms with E-state index in [2.05, 4.69) is 0 Å².